The summed E-state index contributed by atoms with van der Waals surface area (Å²) >= 11 is 0. The van der Waals surface area contributed by atoms with Crippen molar-refractivity contribution in [2.24, 2.45) is 0 Å². The number of amides is 2. The second-order valence-corrected chi connectivity index (χ2v) is 6.61. The van der Waals surface area contributed by atoms with E-state index in [0.717, 1.165) is 45.4 Å². The molecule has 23 heavy (non-hydrogen) atoms. The molecule has 0 aliphatic carbocycles. The van der Waals surface area contributed by atoms with Gasteiger partial charge in [-0.05, 0) is 39.8 Å². The van der Waals surface area contributed by atoms with Gasteiger partial charge in [0, 0.05) is 38.9 Å². The van der Waals surface area contributed by atoms with E-state index in [4.69, 9.17) is 4.74 Å². The Hall–Kier alpha value is -1.40. The van der Waals surface area contributed by atoms with E-state index in [9.17, 15) is 9.59 Å². The maximum absolute atomic E-state index is 12.5. The van der Waals surface area contributed by atoms with Crippen molar-refractivity contribution in [3.8, 4) is 0 Å². The van der Waals surface area contributed by atoms with Crippen LogP contribution in [0.1, 0.15) is 25.7 Å². The van der Waals surface area contributed by atoms with Gasteiger partial charge >= 0.3 is 0 Å². The number of ether oxygens (including phenoxy) is 1. The third-order valence-corrected chi connectivity index (χ3v) is 4.28. The predicted octanol–water partition coefficient (Wildman–Crippen LogP) is 0.734. The number of likely N-dealkylation sites (N-methyl/N-ethyl adjacent to an activating group) is 1. The zero-order valence-corrected chi connectivity index (χ0v) is 14.4. The monoisotopic (exact) mass is 323 g/mol. The smallest absolute Gasteiger partial charge is 0.246 e. The molecule has 2 fully saturated rings. The molecule has 130 valence electrons. The summed E-state index contributed by atoms with van der Waals surface area (Å²) in [4.78, 5) is 30.3. The van der Waals surface area contributed by atoms with Gasteiger partial charge < -0.3 is 19.4 Å². The first-order chi connectivity index (χ1) is 11.1. The van der Waals surface area contributed by atoms with Crippen molar-refractivity contribution in [2.45, 2.75) is 31.8 Å². The van der Waals surface area contributed by atoms with Gasteiger partial charge in [-0.1, -0.05) is 6.08 Å². The van der Waals surface area contributed by atoms with Gasteiger partial charge in [0.05, 0.1) is 6.10 Å². The van der Waals surface area contributed by atoms with Gasteiger partial charge in [-0.3, -0.25) is 9.59 Å². The molecule has 1 atom stereocenters. The zero-order valence-electron chi connectivity index (χ0n) is 14.4. The summed E-state index contributed by atoms with van der Waals surface area (Å²) in [6, 6.07) is 0. The van der Waals surface area contributed by atoms with Crippen LogP contribution >= 0.6 is 0 Å². The molecular weight excluding hydrogens is 294 g/mol. The molecule has 0 bridgehead atoms. The van der Waals surface area contributed by atoms with Crippen molar-refractivity contribution in [3.63, 3.8) is 0 Å². The van der Waals surface area contributed by atoms with Crippen LogP contribution in [0.5, 0.6) is 0 Å². The van der Waals surface area contributed by atoms with E-state index in [-0.39, 0.29) is 24.5 Å². The molecule has 2 rings (SSSR count). The fourth-order valence-electron chi connectivity index (χ4n) is 2.97. The van der Waals surface area contributed by atoms with Gasteiger partial charge in [-0.15, -0.1) is 0 Å². The van der Waals surface area contributed by atoms with Gasteiger partial charge in [0.2, 0.25) is 11.8 Å². The van der Waals surface area contributed by atoms with Gasteiger partial charge in [0.15, 0.2) is 0 Å². The highest BCUT2D eigenvalue weighted by Crippen LogP contribution is 2.14. The van der Waals surface area contributed by atoms with E-state index in [0.29, 0.717) is 13.1 Å². The van der Waals surface area contributed by atoms with Crippen molar-refractivity contribution >= 4 is 11.8 Å². The lowest BCUT2D eigenvalue weighted by Crippen LogP contribution is -2.44. The third-order valence-electron chi connectivity index (χ3n) is 4.28. The SMILES string of the molecule is CN(C)C/C=C/C(=O)N(CC(=O)N1CCCC1)CC1CCCO1. The van der Waals surface area contributed by atoms with E-state index >= 15 is 0 Å². The molecule has 6 nitrogen and oxygen atoms in total. The Morgan fingerprint density at radius 2 is 1.96 bits per heavy atom. The Morgan fingerprint density at radius 3 is 2.57 bits per heavy atom. The highest BCUT2D eigenvalue weighted by Gasteiger charge is 2.26. The number of hydrogen-bond acceptors (Lipinski definition) is 4. The van der Waals surface area contributed by atoms with Crippen LogP contribution < -0.4 is 0 Å². The highest BCUT2D eigenvalue weighted by molar-refractivity contribution is 5.91. The Labute approximate surface area is 139 Å². The highest BCUT2D eigenvalue weighted by atomic mass is 16.5. The molecule has 2 aliphatic rings. The molecule has 0 N–H and O–H groups in total. The molecule has 0 saturated carbocycles. The number of nitrogens with zero attached hydrogens (tertiary/aromatic N) is 3. The Balaban J connectivity index is 1.93. The number of rotatable bonds is 7. The molecule has 2 aliphatic heterocycles. The number of carbonyl (C=O) groups is 2. The van der Waals surface area contributed by atoms with E-state index in [1.807, 2.05) is 30.0 Å². The molecule has 0 radical (unpaired) electrons. The van der Waals surface area contributed by atoms with E-state index < -0.39 is 0 Å². The fourth-order valence-corrected chi connectivity index (χ4v) is 2.97. The average molecular weight is 323 g/mol. The van der Waals surface area contributed by atoms with Gasteiger partial charge in [0.25, 0.3) is 0 Å². The third kappa shape index (κ3) is 5.95. The summed E-state index contributed by atoms with van der Waals surface area (Å²) in [5.41, 5.74) is 0. The molecule has 0 aromatic carbocycles. The van der Waals surface area contributed by atoms with Gasteiger partial charge in [0.1, 0.15) is 6.54 Å². The van der Waals surface area contributed by atoms with Crippen molar-refractivity contribution in [1.82, 2.24) is 14.7 Å². The summed E-state index contributed by atoms with van der Waals surface area (Å²) < 4.78 is 5.63. The minimum absolute atomic E-state index is 0.0508. The van der Waals surface area contributed by atoms with Crippen LogP contribution in [0.4, 0.5) is 0 Å². The van der Waals surface area contributed by atoms with Crippen molar-refractivity contribution in [3.05, 3.63) is 12.2 Å². The quantitative estimate of drug-likeness (QED) is 0.648. The van der Waals surface area contributed by atoms with Gasteiger partial charge in [-0.2, -0.15) is 0 Å². The second-order valence-electron chi connectivity index (χ2n) is 6.61. The summed E-state index contributed by atoms with van der Waals surface area (Å²) in [5.74, 6) is -0.0512. The molecule has 2 heterocycles. The molecule has 6 heteroatoms. The van der Waals surface area contributed by atoms with Crippen molar-refractivity contribution < 1.29 is 14.3 Å². The largest absolute Gasteiger partial charge is 0.376 e. The minimum atomic E-state index is -0.102. The Morgan fingerprint density at radius 1 is 1.22 bits per heavy atom. The topological polar surface area (TPSA) is 53.1 Å². The lowest BCUT2D eigenvalue weighted by atomic mass is 10.2. The predicted molar refractivity (Wildman–Crippen MR) is 89.1 cm³/mol. The van der Waals surface area contributed by atoms with Crippen LogP contribution in [0.15, 0.2) is 12.2 Å². The van der Waals surface area contributed by atoms with E-state index in [1.54, 1.807) is 11.0 Å². The van der Waals surface area contributed by atoms with Crippen LogP contribution in [-0.4, -0.2) is 86.0 Å². The second kappa shape index (κ2) is 9.03. The van der Waals surface area contributed by atoms with Gasteiger partial charge in [-0.25, -0.2) is 0 Å². The first-order valence-electron chi connectivity index (χ1n) is 8.56. The maximum Gasteiger partial charge on any atom is 0.246 e. The van der Waals surface area contributed by atoms with Crippen molar-refractivity contribution in [1.29, 1.82) is 0 Å². The van der Waals surface area contributed by atoms with E-state index in [2.05, 4.69) is 0 Å². The summed E-state index contributed by atoms with van der Waals surface area (Å²) in [5, 5.41) is 0. The zero-order chi connectivity index (χ0) is 16.7. The molecule has 0 spiro atoms. The fraction of sp³-hybridized carbons (Fsp3) is 0.765. The molecule has 2 amide bonds. The maximum atomic E-state index is 12.5. The van der Waals surface area contributed by atoms with Crippen LogP contribution in [0.25, 0.3) is 0 Å². The normalized spacial score (nSPS) is 21.5. The standard InChI is InChI=1S/C17H29N3O3/c1-18(2)9-5-8-16(21)20(13-15-7-6-12-23-15)14-17(22)19-10-3-4-11-19/h5,8,15H,3-4,6-7,9-14H2,1-2H3/b8-5+. The molecule has 0 aromatic heterocycles. The van der Waals surface area contributed by atoms with E-state index in [1.165, 1.54) is 0 Å². The molecule has 0 aromatic rings. The molecular formula is C17H29N3O3. The first-order valence-corrected chi connectivity index (χ1v) is 8.56. The molecule has 1 unspecified atom stereocenters. The Kier molecular flexibility index (Phi) is 7.05. The van der Waals surface area contributed by atoms with Crippen LogP contribution in [-0.2, 0) is 14.3 Å². The summed E-state index contributed by atoms with van der Waals surface area (Å²) in [6.45, 7) is 3.76. The van der Waals surface area contributed by atoms with Crippen LogP contribution in [0.3, 0.4) is 0 Å². The Bertz CT molecular complexity index is 425. The van der Waals surface area contributed by atoms with Crippen molar-refractivity contribution in [2.75, 3.05) is 53.4 Å². The number of carbonyl (C=O) groups excluding carboxylic acids is 2. The first kappa shape index (κ1) is 17.9. The lowest BCUT2D eigenvalue weighted by molar-refractivity contribution is -0.138. The van der Waals surface area contributed by atoms with Crippen LogP contribution in [0.2, 0.25) is 0 Å². The summed E-state index contributed by atoms with van der Waals surface area (Å²) in [6.07, 6.45) is 7.60. The summed E-state index contributed by atoms with van der Waals surface area (Å²) in [7, 11) is 3.91. The average Bonchev–Trinajstić information content (AvgIpc) is 3.19. The lowest BCUT2D eigenvalue weighted by Gasteiger charge is -2.26. The van der Waals surface area contributed by atoms with Crippen LogP contribution in [0, 0.1) is 0 Å². The minimum Gasteiger partial charge on any atom is -0.376 e. The number of hydrogen-bond donors (Lipinski definition) is 0. The number of likely N-dealkylation sites (tertiary alicyclic amines) is 1. The molecule has 2 saturated heterocycles.